The first-order valence-electron chi connectivity index (χ1n) is 6.13. The standard InChI is InChI=1S/C14H18N2O2S/c1-4-16-14(13-8-15-9-19-13)10-5-6-11(17-2)12(7-10)18-3/h5-9,14,16H,4H2,1-3H3. The fourth-order valence-corrected chi connectivity index (χ4v) is 2.71. The van der Waals surface area contributed by atoms with Crippen LogP contribution in [0.4, 0.5) is 0 Å². The van der Waals surface area contributed by atoms with E-state index in [2.05, 4.69) is 23.3 Å². The van der Waals surface area contributed by atoms with Gasteiger partial charge in [-0.2, -0.15) is 0 Å². The summed E-state index contributed by atoms with van der Waals surface area (Å²) < 4.78 is 10.6. The van der Waals surface area contributed by atoms with Crippen LogP contribution in [0, 0.1) is 0 Å². The first-order valence-corrected chi connectivity index (χ1v) is 7.01. The third-order valence-electron chi connectivity index (χ3n) is 2.89. The molecule has 1 heterocycles. The van der Waals surface area contributed by atoms with Gasteiger partial charge in [-0.1, -0.05) is 13.0 Å². The van der Waals surface area contributed by atoms with Gasteiger partial charge in [-0.25, -0.2) is 0 Å². The van der Waals surface area contributed by atoms with Crippen LogP contribution >= 0.6 is 11.3 Å². The van der Waals surface area contributed by atoms with Gasteiger partial charge in [-0.3, -0.25) is 4.98 Å². The Labute approximate surface area is 117 Å². The molecule has 102 valence electrons. The largest absolute Gasteiger partial charge is 0.493 e. The van der Waals surface area contributed by atoms with Gasteiger partial charge in [0, 0.05) is 11.1 Å². The summed E-state index contributed by atoms with van der Waals surface area (Å²) in [5, 5.41) is 3.46. The van der Waals surface area contributed by atoms with Crippen LogP contribution in [0.5, 0.6) is 11.5 Å². The molecule has 2 aromatic rings. The molecule has 1 atom stereocenters. The maximum atomic E-state index is 5.36. The van der Waals surface area contributed by atoms with Crippen molar-refractivity contribution in [2.45, 2.75) is 13.0 Å². The molecule has 0 radical (unpaired) electrons. The molecule has 0 aliphatic rings. The lowest BCUT2D eigenvalue weighted by Crippen LogP contribution is -2.21. The van der Waals surface area contributed by atoms with Gasteiger partial charge >= 0.3 is 0 Å². The second kappa shape index (κ2) is 6.54. The molecule has 0 saturated carbocycles. The number of hydrogen-bond acceptors (Lipinski definition) is 5. The average molecular weight is 278 g/mol. The highest BCUT2D eigenvalue weighted by atomic mass is 32.1. The Kier molecular flexibility index (Phi) is 4.76. The normalized spacial score (nSPS) is 12.2. The molecule has 0 aliphatic heterocycles. The van der Waals surface area contributed by atoms with Crippen molar-refractivity contribution < 1.29 is 9.47 Å². The lowest BCUT2D eigenvalue weighted by Gasteiger charge is -2.18. The van der Waals surface area contributed by atoms with Gasteiger partial charge in [-0.15, -0.1) is 11.3 Å². The maximum absolute atomic E-state index is 5.36. The summed E-state index contributed by atoms with van der Waals surface area (Å²) in [5.41, 5.74) is 2.99. The van der Waals surface area contributed by atoms with Gasteiger partial charge in [0.1, 0.15) is 0 Å². The molecule has 0 spiro atoms. The van der Waals surface area contributed by atoms with Gasteiger partial charge in [0.05, 0.1) is 25.8 Å². The Bertz CT molecular complexity index is 514. The number of ether oxygens (including phenoxy) is 2. The topological polar surface area (TPSA) is 43.4 Å². The van der Waals surface area contributed by atoms with Crippen LogP contribution in [0.2, 0.25) is 0 Å². The highest BCUT2D eigenvalue weighted by Crippen LogP contribution is 2.33. The summed E-state index contributed by atoms with van der Waals surface area (Å²) in [6.45, 7) is 2.98. The van der Waals surface area contributed by atoms with Crippen LogP contribution in [0.3, 0.4) is 0 Å². The molecule has 0 aliphatic carbocycles. The van der Waals surface area contributed by atoms with Gasteiger partial charge in [0.25, 0.3) is 0 Å². The van der Waals surface area contributed by atoms with Crippen LogP contribution in [0.25, 0.3) is 0 Å². The molecular weight excluding hydrogens is 260 g/mol. The molecule has 2 rings (SSSR count). The number of methoxy groups -OCH3 is 2. The zero-order valence-electron chi connectivity index (χ0n) is 11.3. The second-order valence-electron chi connectivity index (χ2n) is 4.01. The highest BCUT2D eigenvalue weighted by molar-refractivity contribution is 7.09. The Hall–Kier alpha value is -1.59. The third kappa shape index (κ3) is 3.05. The van der Waals surface area contributed by atoms with Crippen molar-refractivity contribution in [2.24, 2.45) is 0 Å². The van der Waals surface area contributed by atoms with E-state index in [1.54, 1.807) is 25.6 Å². The Morgan fingerprint density at radius 1 is 1.26 bits per heavy atom. The summed E-state index contributed by atoms with van der Waals surface area (Å²) in [6, 6.07) is 6.12. The number of thiazole rings is 1. The van der Waals surface area contributed by atoms with E-state index >= 15 is 0 Å². The predicted molar refractivity (Wildman–Crippen MR) is 77.2 cm³/mol. The number of rotatable bonds is 6. The van der Waals surface area contributed by atoms with Gasteiger partial charge in [-0.05, 0) is 24.2 Å². The van der Waals surface area contributed by atoms with Crippen LogP contribution in [-0.2, 0) is 0 Å². The summed E-state index contributed by atoms with van der Waals surface area (Å²) in [4.78, 5) is 5.34. The SMILES string of the molecule is CCNC(c1ccc(OC)c(OC)c1)c1cncs1. The summed E-state index contributed by atoms with van der Waals surface area (Å²) in [6.07, 6.45) is 1.90. The highest BCUT2D eigenvalue weighted by Gasteiger charge is 2.16. The smallest absolute Gasteiger partial charge is 0.161 e. The van der Waals surface area contributed by atoms with Crippen molar-refractivity contribution in [1.82, 2.24) is 10.3 Å². The third-order valence-corrected chi connectivity index (χ3v) is 3.73. The fourth-order valence-electron chi connectivity index (χ4n) is 1.99. The molecule has 0 bridgehead atoms. The quantitative estimate of drug-likeness (QED) is 0.882. The zero-order chi connectivity index (χ0) is 13.7. The first kappa shape index (κ1) is 13.8. The monoisotopic (exact) mass is 278 g/mol. The molecule has 5 heteroatoms. The van der Waals surface area contributed by atoms with Crippen molar-refractivity contribution in [3.05, 3.63) is 40.3 Å². The lowest BCUT2D eigenvalue weighted by molar-refractivity contribution is 0.354. The zero-order valence-corrected chi connectivity index (χ0v) is 12.2. The summed E-state index contributed by atoms with van der Waals surface area (Å²) in [5.74, 6) is 1.48. The molecular formula is C14H18N2O2S. The molecule has 0 amide bonds. The minimum absolute atomic E-state index is 0.136. The van der Waals surface area contributed by atoms with Crippen LogP contribution in [-0.4, -0.2) is 25.7 Å². The number of hydrogen-bond donors (Lipinski definition) is 1. The van der Waals surface area contributed by atoms with E-state index in [9.17, 15) is 0 Å². The van der Waals surface area contributed by atoms with E-state index < -0.39 is 0 Å². The van der Waals surface area contributed by atoms with E-state index in [4.69, 9.17) is 9.47 Å². The number of nitrogens with zero attached hydrogens (tertiary/aromatic N) is 1. The van der Waals surface area contributed by atoms with Crippen molar-refractivity contribution in [1.29, 1.82) is 0 Å². The molecule has 19 heavy (non-hydrogen) atoms. The molecule has 4 nitrogen and oxygen atoms in total. The van der Waals surface area contributed by atoms with E-state index in [0.717, 1.165) is 23.6 Å². The van der Waals surface area contributed by atoms with E-state index in [1.807, 2.05) is 23.8 Å². The Balaban J connectivity index is 2.37. The molecule has 1 unspecified atom stereocenters. The van der Waals surface area contributed by atoms with Gasteiger partial charge in [0.15, 0.2) is 11.5 Å². The maximum Gasteiger partial charge on any atom is 0.161 e. The predicted octanol–water partition coefficient (Wildman–Crippen LogP) is 2.86. The van der Waals surface area contributed by atoms with Crippen molar-refractivity contribution in [2.75, 3.05) is 20.8 Å². The second-order valence-corrected chi connectivity index (χ2v) is 4.93. The van der Waals surface area contributed by atoms with Crippen LogP contribution in [0.1, 0.15) is 23.4 Å². The molecule has 0 saturated heterocycles. The summed E-state index contributed by atoms with van der Waals surface area (Å²) >= 11 is 1.64. The van der Waals surface area contributed by atoms with Gasteiger partial charge < -0.3 is 14.8 Å². The number of benzene rings is 1. The van der Waals surface area contributed by atoms with E-state index in [1.165, 1.54) is 4.88 Å². The van der Waals surface area contributed by atoms with Gasteiger partial charge in [0.2, 0.25) is 0 Å². The fraction of sp³-hybridized carbons (Fsp3) is 0.357. The Morgan fingerprint density at radius 3 is 2.63 bits per heavy atom. The van der Waals surface area contributed by atoms with Crippen molar-refractivity contribution in [3.63, 3.8) is 0 Å². The summed E-state index contributed by atoms with van der Waals surface area (Å²) in [7, 11) is 3.29. The van der Waals surface area contributed by atoms with Crippen molar-refractivity contribution >= 4 is 11.3 Å². The van der Waals surface area contributed by atoms with E-state index in [-0.39, 0.29) is 6.04 Å². The van der Waals surface area contributed by atoms with E-state index in [0.29, 0.717) is 0 Å². The molecule has 1 aromatic carbocycles. The molecule has 1 aromatic heterocycles. The molecule has 1 N–H and O–H groups in total. The number of nitrogens with one attached hydrogen (secondary N) is 1. The number of aromatic nitrogens is 1. The Morgan fingerprint density at radius 2 is 2.05 bits per heavy atom. The van der Waals surface area contributed by atoms with Crippen molar-refractivity contribution in [3.8, 4) is 11.5 Å². The lowest BCUT2D eigenvalue weighted by atomic mass is 10.0. The van der Waals surface area contributed by atoms with Crippen LogP contribution < -0.4 is 14.8 Å². The average Bonchev–Trinajstić information content (AvgIpc) is 2.98. The first-order chi connectivity index (χ1) is 9.30. The van der Waals surface area contributed by atoms with Crippen LogP contribution in [0.15, 0.2) is 29.9 Å². The minimum atomic E-state index is 0.136. The molecule has 0 fully saturated rings. The minimum Gasteiger partial charge on any atom is -0.493 e.